The zero-order valence-electron chi connectivity index (χ0n) is 6.38. The van der Waals surface area contributed by atoms with Gasteiger partial charge in [0.05, 0.1) is 0 Å². The molecule has 1 rings (SSSR count). The Labute approximate surface area is 84.0 Å². The molecule has 76 valence electrons. The molecule has 0 N–H and O–H groups in total. The van der Waals surface area contributed by atoms with Crippen molar-refractivity contribution in [1.29, 1.82) is 0 Å². The van der Waals surface area contributed by atoms with Crippen LogP contribution >= 0.6 is 15.9 Å². The molecule has 0 saturated heterocycles. The lowest BCUT2D eigenvalue weighted by atomic mass is 10.2. The standard InChI is InChI=1S/C6H2BrF3N2O2/c7-4-2(5(8)9)1-3(12(13)14)11-6(4)10/h1,5H. The lowest BCUT2D eigenvalue weighted by Gasteiger charge is -2.01. The minimum absolute atomic E-state index is 0.526. The van der Waals surface area contributed by atoms with Crippen LogP contribution in [0, 0.1) is 16.1 Å². The molecule has 0 aromatic carbocycles. The van der Waals surface area contributed by atoms with E-state index in [1.54, 1.807) is 0 Å². The third kappa shape index (κ3) is 2.00. The first kappa shape index (κ1) is 10.9. The smallest absolute Gasteiger partial charge is 0.358 e. The fraction of sp³-hybridized carbons (Fsp3) is 0.167. The van der Waals surface area contributed by atoms with E-state index >= 15 is 0 Å². The zero-order valence-corrected chi connectivity index (χ0v) is 7.96. The predicted molar refractivity (Wildman–Crippen MR) is 43.5 cm³/mol. The van der Waals surface area contributed by atoms with E-state index < -0.39 is 33.2 Å². The monoisotopic (exact) mass is 270 g/mol. The Bertz CT molecular complexity index is 386. The van der Waals surface area contributed by atoms with Gasteiger partial charge in [0.1, 0.15) is 4.47 Å². The Kier molecular flexibility index (Phi) is 3.04. The van der Waals surface area contributed by atoms with Crippen LogP contribution in [0.4, 0.5) is 19.0 Å². The summed E-state index contributed by atoms with van der Waals surface area (Å²) in [6.07, 6.45) is -3.00. The number of aromatic nitrogens is 1. The number of halogens is 4. The van der Waals surface area contributed by atoms with Gasteiger partial charge in [-0.25, -0.2) is 8.78 Å². The lowest BCUT2D eigenvalue weighted by molar-refractivity contribution is -0.390. The van der Waals surface area contributed by atoms with Gasteiger partial charge in [0.2, 0.25) is 0 Å². The molecule has 0 saturated carbocycles. The summed E-state index contributed by atoms with van der Waals surface area (Å²) < 4.78 is 36.6. The van der Waals surface area contributed by atoms with Gasteiger partial charge in [0.15, 0.2) is 0 Å². The van der Waals surface area contributed by atoms with Gasteiger partial charge >= 0.3 is 11.8 Å². The highest BCUT2D eigenvalue weighted by molar-refractivity contribution is 9.10. The van der Waals surface area contributed by atoms with E-state index in [0.717, 1.165) is 0 Å². The van der Waals surface area contributed by atoms with Gasteiger partial charge in [-0.15, -0.1) is 0 Å². The second-order valence-corrected chi connectivity index (χ2v) is 3.03. The summed E-state index contributed by atoms with van der Waals surface area (Å²) >= 11 is 2.52. The quantitative estimate of drug-likeness (QED) is 0.472. The van der Waals surface area contributed by atoms with E-state index in [1.807, 2.05) is 0 Å². The fourth-order valence-electron chi connectivity index (χ4n) is 0.756. The normalized spacial score (nSPS) is 10.6. The van der Waals surface area contributed by atoms with Crippen molar-refractivity contribution in [2.75, 3.05) is 0 Å². The van der Waals surface area contributed by atoms with Gasteiger partial charge in [-0.2, -0.15) is 4.39 Å². The topological polar surface area (TPSA) is 56.0 Å². The SMILES string of the molecule is O=[N+]([O-])c1cc(C(F)F)c(Br)c(F)n1. The van der Waals surface area contributed by atoms with E-state index in [1.165, 1.54) is 0 Å². The molecular formula is C6H2BrF3N2O2. The fourth-order valence-corrected chi connectivity index (χ4v) is 1.13. The van der Waals surface area contributed by atoms with Crippen LogP contribution in [-0.2, 0) is 0 Å². The number of alkyl halides is 2. The van der Waals surface area contributed by atoms with E-state index in [-0.39, 0.29) is 0 Å². The van der Waals surface area contributed by atoms with E-state index in [2.05, 4.69) is 20.9 Å². The summed E-state index contributed by atoms with van der Waals surface area (Å²) in [5.74, 6) is -2.27. The van der Waals surface area contributed by atoms with Crippen molar-refractivity contribution < 1.29 is 18.1 Å². The van der Waals surface area contributed by atoms with Crippen molar-refractivity contribution >= 4 is 21.7 Å². The van der Waals surface area contributed by atoms with Gasteiger partial charge in [-0.05, 0) is 25.8 Å². The molecule has 14 heavy (non-hydrogen) atoms. The molecule has 0 aliphatic rings. The zero-order chi connectivity index (χ0) is 10.9. The second kappa shape index (κ2) is 3.91. The summed E-state index contributed by atoms with van der Waals surface area (Å²) in [6.45, 7) is 0. The number of rotatable bonds is 2. The Balaban J connectivity index is 3.35. The average Bonchev–Trinajstić information content (AvgIpc) is 2.08. The molecule has 0 amide bonds. The molecule has 8 heteroatoms. The molecule has 4 nitrogen and oxygen atoms in total. The van der Waals surface area contributed by atoms with Gasteiger partial charge in [-0.3, -0.25) is 0 Å². The van der Waals surface area contributed by atoms with Crippen molar-refractivity contribution in [2.24, 2.45) is 0 Å². The van der Waals surface area contributed by atoms with Crippen LogP contribution in [0.15, 0.2) is 10.5 Å². The molecule has 1 heterocycles. The lowest BCUT2D eigenvalue weighted by Crippen LogP contribution is -1.99. The molecule has 0 aliphatic carbocycles. The van der Waals surface area contributed by atoms with Crippen LogP contribution in [-0.4, -0.2) is 9.91 Å². The maximum absolute atomic E-state index is 12.8. The van der Waals surface area contributed by atoms with Crippen LogP contribution < -0.4 is 0 Å². The number of hydrogen-bond donors (Lipinski definition) is 0. The third-order valence-electron chi connectivity index (χ3n) is 1.35. The third-order valence-corrected chi connectivity index (χ3v) is 2.14. The molecule has 0 atom stereocenters. The number of hydrogen-bond acceptors (Lipinski definition) is 3. The summed E-state index contributed by atoms with van der Waals surface area (Å²) in [7, 11) is 0. The van der Waals surface area contributed by atoms with Crippen LogP contribution in [0.2, 0.25) is 0 Å². The molecule has 1 aromatic rings. The number of nitrogens with zero attached hydrogens (tertiary/aromatic N) is 2. The summed E-state index contributed by atoms with van der Waals surface area (Å²) in [6, 6.07) is 0.526. The molecule has 1 aromatic heterocycles. The molecule has 0 fully saturated rings. The Morgan fingerprint density at radius 1 is 1.57 bits per heavy atom. The molecule has 0 bridgehead atoms. The second-order valence-electron chi connectivity index (χ2n) is 2.23. The van der Waals surface area contributed by atoms with Crippen molar-refractivity contribution in [3.8, 4) is 0 Å². The Morgan fingerprint density at radius 2 is 2.14 bits per heavy atom. The highest BCUT2D eigenvalue weighted by atomic mass is 79.9. The van der Waals surface area contributed by atoms with E-state index in [9.17, 15) is 23.3 Å². The molecule has 0 aliphatic heterocycles. The van der Waals surface area contributed by atoms with E-state index in [4.69, 9.17) is 0 Å². The minimum atomic E-state index is -3.00. The minimum Gasteiger partial charge on any atom is -0.358 e. The highest BCUT2D eigenvalue weighted by Crippen LogP contribution is 2.30. The maximum Gasteiger partial charge on any atom is 0.367 e. The van der Waals surface area contributed by atoms with Crippen LogP contribution in [0.5, 0.6) is 0 Å². The van der Waals surface area contributed by atoms with Crippen LogP contribution in [0.3, 0.4) is 0 Å². The Morgan fingerprint density at radius 3 is 2.57 bits per heavy atom. The summed E-state index contributed by atoms with van der Waals surface area (Å²) in [5.41, 5.74) is -0.788. The van der Waals surface area contributed by atoms with Crippen molar-refractivity contribution in [3.05, 3.63) is 32.2 Å². The van der Waals surface area contributed by atoms with Gasteiger partial charge in [0, 0.05) is 11.6 Å². The van der Waals surface area contributed by atoms with Crippen molar-refractivity contribution in [1.82, 2.24) is 4.98 Å². The van der Waals surface area contributed by atoms with Crippen LogP contribution in [0.1, 0.15) is 12.0 Å². The predicted octanol–water partition coefficient (Wildman–Crippen LogP) is 2.83. The summed E-state index contributed by atoms with van der Waals surface area (Å²) in [4.78, 5) is 12.0. The number of pyridine rings is 1. The van der Waals surface area contributed by atoms with Crippen molar-refractivity contribution in [2.45, 2.75) is 6.43 Å². The molecular weight excluding hydrogens is 269 g/mol. The number of nitro groups is 1. The molecule has 0 unspecified atom stereocenters. The average molecular weight is 271 g/mol. The first-order chi connectivity index (χ1) is 6.43. The van der Waals surface area contributed by atoms with Gasteiger partial charge < -0.3 is 10.1 Å². The van der Waals surface area contributed by atoms with Crippen molar-refractivity contribution in [3.63, 3.8) is 0 Å². The largest absolute Gasteiger partial charge is 0.367 e. The maximum atomic E-state index is 12.8. The van der Waals surface area contributed by atoms with Crippen LogP contribution in [0.25, 0.3) is 0 Å². The van der Waals surface area contributed by atoms with Gasteiger partial charge in [-0.1, -0.05) is 0 Å². The first-order valence-electron chi connectivity index (χ1n) is 3.22. The van der Waals surface area contributed by atoms with E-state index in [0.29, 0.717) is 6.07 Å². The highest BCUT2D eigenvalue weighted by Gasteiger charge is 2.23. The molecule has 0 radical (unpaired) electrons. The molecule has 0 spiro atoms. The first-order valence-corrected chi connectivity index (χ1v) is 4.01. The van der Waals surface area contributed by atoms with Gasteiger partial charge in [0.25, 0.3) is 6.43 Å². The summed E-state index contributed by atoms with van der Waals surface area (Å²) in [5, 5.41) is 10.2. The Hall–Kier alpha value is -1.18.